The van der Waals surface area contributed by atoms with Crippen LogP contribution in [0, 0.1) is 0 Å². The highest BCUT2D eigenvalue weighted by Crippen LogP contribution is 2.23. The first kappa shape index (κ1) is 17.0. The van der Waals surface area contributed by atoms with Crippen molar-refractivity contribution < 1.29 is 13.2 Å². The van der Waals surface area contributed by atoms with Crippen LogP contribution in [0.4, 0.5) is 5.13 Å². The van der Waals surface area contributed by atoms with Crippen molar-refractivity contribution in [3.8, 4) is 11.4 Å². The van der Waals surface area contributed by atoms with E-state index >= 15 is 0 Å². The first-order valence-corrected chi connectivity index (χ1v) is 10.2. The quantitative estimate of drug-likeness (QED) is 0.856. The van der Waals surface area contributed by atoms with E-state index in [4.69, 9.17) is 0 Å². The molecule has 0 saturated carbocycles. The van der Waals surface area contributed by atoms with Crippen molar-refractivity contribution in [3.05, 3.63) is 29.8 Å². The second-order valence-electron chi connectivity index (χ2n) is 5.77. The van der Waals surface area contributed by atoms with E-state index in [1.165, 1.54) is 11.3 Å². The molecule has 3 rings (SSSR count). The second-order valence-corrected chi connectivity index (χ2v) is 8.86. The number of sulfone groups is 1. The molecular weight excluding hydrogens is 348 g/mol. The first-order chi connectivity index (χ1) is 11.4. The van der Waals surface area contributed by atoms with Crippen LogP contribution in [0.25, 0.3) is 11.4 Å². The minimum atomic E-state index is -2.95. The molecule has 1 aliphatic rings. The van der Waals surface area contributed by atoms with Gasteiger partial charge < -0.3 is 5.32 Å². The molecule has 2 aromatic heterocycles. The number of hydrogen-bond donors (Lipinski definition) is 1. The molecule has 1 unspecified atom stereocenters. The van der Waals surface area contributed by atoms with Crippen LogP contribution in [0.1, 0.15) is 6.42 Å². The van der Waals surface area contributed by atoms with Crippen LogP contribution in [0.5, 0.6) is 0 Å². The number of amides is 1. The van der Waals surface area contributed by atoms with Crippen molar-refractivity contribution in [1.29, 1.82) is 0 Å². The van der Waals surface area contributed by atoms with Crippen molar-refractivity contribution >= 4 is 32.2 Å². The number of pyridine rings is 1. The molecule has 1 atom stereocenters. The number of anilines is 1. The SMILES string of the molecule is CN(CC(=O)Nc1nc(-c2ccccn2)cs1)C1CCS(=O)(=O)C1. The summed E-state index contributed by atoms with van der Waals surface area (Å²) >= 11 is 1.33. The highest BCUT2D eigenvalue weighted by molar-refractivity contribution is 7.91. The number of nitrogens with zero attached hydrogens (tertiary/aromatic N) is 3. The topological polar surface area (TPSA) is 92.3 Å². The zero-order chi connectivity index (χ0) is 17.2. The zero-order valence-electron chi connectivity index (χ0n) is 13.2. The summed E-state index contributed by atoms with van der Waals surface area (Å²) in [7, 11) is -1.18. The molecule has 1 saturated heterocycles. The minimum absolute atomic E-state index is 0.0962. The molecule has 9 heteroatoms. The third-order valence-corrected chi connectivity index (χ3v) is 6.41. The molecule has 1 amide bonds. The van der Waals surface area contributed by atoms with Gasteiger partial charge in [-0.2, -0.15) is 0 Å². The van der Waals surface area contributed by atoms with Crippen molar-refractivity contribution in [2.75, 3.05) is 30.4 Å². The minimum Gasteiger partial charge on any atom is -0.301 e. The van der Waals surface area contributed by atoms with E-state index in [0.29, 0.717) is 17.2 Å². The van der Waals surface area contributed by atoms with Gasteiger partial charge in [-0.3, -0.25) is 14.7 Å². The van der Waals surface area contributed by atoms with E-state index in [1.54, 1.807) is 18.1 Å². The van der Waals surface area contributed by atoms with Gasteiger partial charge >= 0.3 is 0 Å². The molecule has 24 heavy (non-hydrogen) atoms. The van der Waals surface area contributed by atoms with Gasteiger partial charge in [0.15, 0.2) is 15.0 Å². The molecule has 7 nitrogen and oxygen atoms in total. The summed E-state index contributed by atoms with van der Waals surface area (Å²) in [6.45, 7) is 0.138. The van der Waals surface area contributed by atoms with Gasteiger partial charge in [-0.05, 0) is 25.6 Å². The number of hydrogen-bond acceptors (Lipinski definition) is 7. The lowest BCUT2D eigenvalue weighted by Crippen LogP contribution is -2.38. The van der Waals surface area contributed by atoms with Crippen LogP contribution < -0.4 is 5.32 Å². The fourth-order valence-electron chi connectivity index (χ4n) is 2.60. The Morgan fingerprint density at radius 2 is 2.25 bits per heavy atom. The Morgan fingerprint density at radius 1 is 1.42 bits per heavy atom. The predicted octanol–water partition coefficient (Wildman–Crippen LogP) is 1.26. The number of carbonyl (C=O) groups excluding carboxylic acids is 1. The van der Waals surface area contributed by atoms with Gasteiger partial charge in [0.05, 0.1) is 23.7 Å². The Labute approximate surface area is 144 Å². The van der Waals surface area contributed by atoms with Gasteiger partial charge in [-0.25, -0.2) is 13.4 Å². The number of nitrogens with one attached hydrogen (secondary N) is 1. The fourth-order valence-corrected chi connectivity index (χ4v) is 5.13. The average Bonchev–Trinajstić information content (AvgIpc) is 3.14. The van der Waals surface area contributed by atoms with E-state index < -0.39 is 9.84 Å². The molecule has 3 heterocycles. The zero-order valence-corrected chi connectivity index (χ0v) is 14.8. The summed E-state index contributed by atoms with van der Waals surface area (Å²) in [5.41, 5.74) is 1.47. The van der Waals surface area contributed by atoms with E-state index in [0.717, 1.165) is 5.69 Å². The standard InChI is InChI=1S/C15H18N4O3S2/c1-19(11-5-7-24(21,22)10-11)8-14(20)18-15-17-13(9-23-15)12-4-2-3-6-16-12/h2-4,6,9,11H,5,7-8,10H2,1H3,(H,17,18,20). The second kappa shape index (κ2) is 6.96. The fraction of sp³-hybridized carbons (Fsp3) is 0.400. The van der Waals surface area contributed by atoms with Crippen LogP contribution in [-0.2, 0) is 14.6 Å². The molecule has 0 aliphatic carbocycles. The number of rotatable bonds is 5. The number of aromatic nitrogens is 2. The van der Waals surface area contributed by atoms with Gasteiger partial charge in [0.25, 0.3) is 0 Å². The van der Waals surface area contributed by atoms with Crippen molar-refractivity contribution in [1.82, 2.24) is 14.9 Å². The molecule has 0 spiro atoms. The molecule has 1 fully saturated rings. The van der Waals surface area contributed by atoms with E-state index in [-0.39, 0.29) is 30.0 Å². The normalized spacial score (nSPS) is 19.5. The lowest BCUT2D eigenvalue weighted by Gasteiger charge is -2.21. The first-order valence-electron chi connectivity index (χ1n) is 7.50. The summed E-state index contributed by atoms with van der Waals surface area (Å²) < 4.78 is 23.0. The molecular formula is C15H18N4O3S2. The van der Waals surface area contributed by atoms with E-state index in [1.807, 2.05) is 23.6 Å². The van der Waals surface area contributed by atoms with Crippen LogP contribution in [0.3, 0.4) is 0 Å². The summed E-state index contributed by atoms with van der Waals surface area (Å²) in [6.07, 6.45) is 2.27. The van der Waals surface area contributed by atoms with Crippen molar-refractivity contribution in [2.24, 2.45) is 0 Å². The van der Waals surface area contributed by atoms with Crippen LogP contribution >= 0.6 is 11.3 Å². The Balaban J connectivity index is 1.57. The maximum atomic E-state index is 12.1. The molecule has 1 N–H and O–H groups in total. The Hall–Kier alpha value is -1.84. The summed E-state index contributed by atoms with van der Waals surface area (Å²) in [6, 6.07) is 5.47. The van der Waals surface area contributed by atoms with Gasteiger partial charge in [-0.1, -0.05) is 6.07 Å². The Morgan fingerprint density at radius 3 is 2.92 bits per heavy atom. The average molecular weight is 366 g/mol. The van der Waals surface area contributed by atoms with Gasteiger partial charge in [0.1, 0.15) is 5.69 Å². The lowest BCUT2D eigenvalue weighted by atomic mass is 10.2. The molecule has 0 bridgehead atoms. The highest BCUT2D eigenvalue weighted by Gasteiger charge is 2.31. The number of thiazole rings is 1. The molecule has 128 valence electrons. The van der Waals surface area contributed by atoms with Crippen LogP contribution in [-0.4, -0.2) is 60.3 Å². The van der Waals surface area contributed by atoms with Gasteiger partial charge in [0.2, 0.25) is 5.91 Å². The van der Waals surface area contributed by atoms with Crippen molar-refractivity contribution in [3.63, 3.8) is 0 Å². The predicted molar refractivity (Wildman–Crippen MR) is 93.7 cm³/mol. The van der Waals surface area contributed by atoms with Crippen molar-refractivity contribution in [2.45, 2.75) is 12.5 Å². The summed E-state index contributed by atoms with van der Waals surface area (Å²) in [5, 5.41) is 5.10. The van der Waals surface area contributed by atoms with E-state index in [9.17, 15) is 13.2 Å². The largest absolute Gasteiger partial charge is 0.301 e. The maximum absolute atomic E-state index is 12.1. The van der Waals surface area contributed by atoms with E-state index in [2.05, 4.69) is 15.3 Å². The monoisotopic (exact) mass is 366 g/mol. The molecule has 0 aromatic carbocycles. The highest BCUT2D eigenvalue weighted by atomic mass is 32.2. The molecule has 1 aliphatic heterocycles. The smallest absolute Gasteiger partial charge is 0.240 e. The van der Waals surface area contributed by atoms with Gasteiger partial charge in [0, 0.05) is 17.6 Å². The van der Waals surface area contributed by atoms with Crippen LogP contribution in [0.15, 0.2) is 29.8 Å². The molecule has 2 aromatic rings. The third-order valence-electron chi connectivity index (χ3n) is 3.90. The summed E-state index contributed by atoms with van der Waals surface area (Å²) in [4.78, 5) is 22.5. The molecule has 0 radical (unpaired) electrons. The Bertz CT molecular complexity index is 820. The van der Waals surface area contributed by atoms with Crippen LogP contribution in [0.2, 0.25) is 0 Å². The number of carbonyl (C=O) groups is 1. The number of likely N-dealkylation sites (N-methyl/N-ethyl adjacent to an activating group) is 1. The summed E-state index contributed by atoms with van der Waals surface area (Å²) in [5.74, 6) is 0.116. The lowest BCUT2D eigenvalue weighted by molar-refractivity contribution is -0.117. The Kier molecular flexibility index (Phi) is 4.93. The van der Waals surface area contributed by atoms with Gasteiger partial charge in [-0.15, -0.1) is 11.3 Å². The third kappa shape index (κ3) is 4.16. The maximum Gasteiger partial charge on any atom is 0.240 e.